The number of methoxy groups -OCH3 is 1. The Morgan fingerprint density at radius 2 is 1.86 bits per heavy atom. The first-order valence-corrected chi connectivity index (χ1v) is 13.4. The molecule has 0 spiro atoms. The third kappa shape index (κ3) is 6.50. The van der Waals surface area contributed by atoms with Crippen molar-refractivity contribution in [2.45, 2.75) is 49.8 Å². The van der Waals surface area contributed by atoms with Crippen molar-refractivity contribution < 1.29 is 19.1 Å². The molecule has 0 bridgehead atoms. The van der Waals surface area contributed by atoms with E-state index < -0.39 is 11.6 Å². The maximum absolute atomic E-state index is 13.7. The molecule has 2 aliphatic heterocycles. The molecule has 1 aliphatic carbocycles. The van der Waals surface area contributed by atoms with Crippen LogP contribution in [0.2, 0.25) is 0 Å². The van der Waals surface area contributed by atoms with Crippen LogP contribution in [0.25, 0.3) is 0 Å². The highest BCUT2D eigenvalue weighted by atomic mass is 16.5. The predicted molar refractivity (Wildman–Crippen MR) is 141 cm³/mol. The molecule has 2 aromatic rings. The van der Waals surface area contributed by atoms with Crippen molar-refractivity contribution in [3.05, 3.63) is 65.7 Å². The van der Waals surface area contributed by atoms with Gasteiger partial charge in [-0.15, -0.1) is 0 Å². The Hall–Kier alpha value is -2.94. The van der Waals surface area contributed by atoms with E-state index in [0.29, 0.717) is 31.8 Å². The van der Waals surface area contributed by atoms with Gasteiger partial charge in [-0.2, -0.15) is 0 Å². The van der Waals surface area contributed by atoms with Gasteiger partial charge in [0.15, 0.2) is 0 Å². The number of hydrogen-bond acceptors (Lipinski definition) is 6. The highest BCUT2D eigenvalue weighted by Crippen LogP contribution is 2.39. The number of hydrogen-bond donors (Lipinski definition) is 3. The molecule has 1 unspecified atom stereocenters. The molecule has 2 saturated heterocycles. The van der Waals surface area contributed by atoms with Crippen LogP contribution in [0.5, 0.6) is 5.75 Å². The molecule has 3 N–H and O–H groups in total. The van der Waals surface area contributed by atoms with Crippen molar-refractivity contribution >= 4 is 11.8 Å². The number of likely N-dealkylation sites (tertiary alicyclic amines) is 1. The molecule has 5 rings (SSSR count). The van der Waals surface area contributed by atoms with Gasteiger partial charge in [-0.25, -0.2) is 0 Å². The minimum atomic E-state index is -0.632. The zero-order valence-corrected chi connectivity index (χ0v) is 21.6. The average Bonchev–Trinajstić information content (AvgIpc) is 3.59. The molecule has 2 amide bonds. The Kier molecular flexibility index (Phi) is 8.08. The van der Waals surface area contributed by atoms with Crippen LogP contribution < -0.4 is 20.7 Å². The third-order valence-electron chi connectivity index (χ3n) is 7.65. The number of nitrogens with zero attached hydrogens (tertiary/aromatic N) is 1. The van der Waals surface area contributed by atoms with E-state index in [2.05, 4.69) is 28.1 Å². The molecule has 37 heavy (non-hydrogen) atoms. The van der Waals surface area contributed by atoms with Crippen molar-refractivity contribution in [1.82, 2.24) is 20.9 Å². The Morgan fingerprint density at radius 3 is 2.51 bits per heavy atom. The summed E-state index contributed by atoms with van der Waals surface area (Å²) in [5, 5.41) is 9.62. The summed E-state index contributed by atoms with van der Waals surface area (Å²) in [4.78, 5) is 28.5. The first kappa shape index (κ1) is 25.7. The largest absolute Gasteiger partial charge is 0.497 e. The predicted octanol–water partition coefficient (Wildman–Crippen LogP) is 2.19. The maximum Gasteiger partial charge on any atom is 0.245 e. The van der Waals surface area contributed by atoms with Gasteiger partial charge in [0.05, 0.1) is 26.8 Å². The molecule has 2 atom stereocenters. The summed E-state index contributed by atoms with van der Waals surface area (Å²) in [6.45, 7) is 3.35. The molecule has 3 aliphatic rings. The molecule has 8 heteroatoms. The number of ether oxygens (including phenoxy) is 2. The molecule has 198 valence electrons. The Labute approximate surface area is 219 Å². The molecule has 8 nitrogen and oxygen atoms in total. The normalized spacial score (nSPS) is 21.2. The van der Waals surface area contributed by atoms with E-state index in [1.807, 2.05) is 47.4 Å². The van der Waals surface area contributed by atoms with Gasteiger partial charge in [-0.05, 0) is 48.4 Å². The van der Waals surface area contributed by atoms with Gasteiger partial charge >= 0.3 is 0 Å². The zero-order valence-electron chi connectivity index (χ0n) is 21.6. The lowest BCUT2D eigenvalue weighted by Gasteiger charge is -2.51. The van der Waals surface area contributed by atoms with Gasteiger partial charge in [0.2, 0.25) is 11.8 Å². The van der Waals surface area contributed by atoms with Crippen LogP contribution in [-0.2, 0) is 26.3 Å². The van der Waals surface area contributed by atoms with Crippen LogP contribution in [0.1, 0.15) is 36.8 Å². The number of amides is 2. The second-order valence-electron chi connectivity index (χ2n) is 10.6. The van der Waals surface area contributed by atoms with Gasteiger partial charge in [0.25, 0.3) is 0 Å². The highest BCUT2D eigenvalue weighted by molar-refractivity contribution is 5.88. The minimum Gasteiger partial charge on any atom is -0.497 e. The molecule has 1 saturated carbocycles. The Bertz CT molecular complexity index is 1050. The summed E-state index contributed by atoms with van der Waals surface area (Å²) in [5.41, 5.74) is 1.60. The fourth-order valence-electron chi connectivity index (χ4n) is 5.12. The van der Waals surface area contributed by atoms with Gasteiger partial charge in [0, 0.05) is 32.1 Å². The standard InChI is InChI=1S/C29H38N4O4/c1-36-25-12-9-21(10-13-25)15-26(32-27(34)14-11-24-16-30-20-31-24)28(35)33-18-29(19-33,37-17-22-7-8-22)23-5-3-2-4-6-23/h2-6,9-10,12-13,22,24,26,30-31H,7-8,11,14-20H2,1H3,(H,32,34)/t24?,26-/m1/s1. The molecular formula is C29H38N4O4. The van der Waals surface area contributed by atoms with Crippen LogP contribution in [-0.4, -0.2) is 68.8 Å². The Balaban J connectivity index is 1.26. The molecule has 2 aromatic carbocycles. The number of nitrogens with one attached hydrogen (secondary N) is 3. The second-order valence-corrected chi connectivity index (χ2v) is 10.6. The van der Waals surface area contributed by atoms with Crippen molar-refractivity contribution in [1.29, 1.82) is 0 Å². The van der Waals surface area contributed by atoms with Crippen LogP contribution in [0.3, 0.4) is 0 Å². The van der Waals surface area contributed by atoms with Crippen molar-refractivity contribution in [2.75, 3.05) is 40.0 Å². The summed E-state index contributed by atoms with van der Waals surface area (Å²) in [7, 11) is 1.63. The SMILES string of the molecule is COc1ccc(C[C@@H](NC(=O)CCC2CNCN2)C(=O)N2CC(OCC3CC3)(c3ccccc3)C2)cc1. The van der Waals surface area contributed by atoms with E-state index in [9.17, 15) is 9.59 Å². The van der Waals surface area contributed by atoms with E-state index >= 15 is 0 Å². The second kappa shape index (κ2) is 11.6. The monoisotopic (exact) mass is 506 g/mol. The zero-order chi connectivity index (χ0) is 25.7. The number of benzene rings is 2. The van der Waals surface area contributed by atoms with Crippen LogP contribution in [0.4, 0.5) is 0 Å². The molecule has 0 radical (unpaired) electrons. The third-order valence-corrected chi connectivity index (χ3v) is 7.65. The summed E-state index contributed by atoms with van der Waals surface area (Å²) in [6.07, 6.45) is 3.98. The topological polar surface area (TPSA) is 91.9 Å². The lowest BCUT2D eigenvalue weighted by Crippen LogP contribution is -2.66. The van der Waals surface area contributed by atoms with E-state index in [1.165, 1.54) is 12.8 Å². The lowest BCUT2D eigenvalue weighted by atomic mass is 9.84. The first-order valence-electron chi connectivity index (χ1n) is 13.4. The summed E-state index contributed by atoms with van der Waals surface area (Å²) < 4.78 is 11.7. The highest BCUT2D eigenvalue weighted by Gasteiger charge is 2.49. The van der Waals surface area contributed by atoms with E-state index in [-0.39, 0.29) is 17.9 Å². The summed E-state index contributed by atoms with van der Waals surface area (Å²) in [5.74, 6) is 1.24. The fraction of sp³-hybridized carbons (Fsp3) is 0.517. The van der Waals surface area contributed by atoms with Gasteiger partial charge in [-0.3, -0.25) is 9.59 Å². The van der Waals surface area contributed by atoms with E-state index in [0.717, 1.165) is 43.1 Å². The van der Waals surface area contributed by atoms with E-state index in [1.54, 1.807) is 7.11 Å². The smallest absolute Gasteiger partial charge is 0.245 e. The van der Waals surface area contributed by atoms with Crippen molar-refractivity contribution in [2.24, 2.45) is 5.92 Å². The average molecular weight is 507 g/mol. The number of carbonyl (C=O) groups excluding carboxylic acids is 2. The van der Waals surface area contributed by atoms with Crippen LogP contribution in [0, 0.1) is 5.92 Å². The fourth-order valence-corrected chi connectivity index (χ4v) is 5.12. The molecule has 3 fully saturated rings. The first-order chi connectivity index (χ1) is 18.0. The summed E-state index contributed by atoms with van der Waals surface area (Å²) >= 11 is 0. The number of carbonyl (C=O) groups is 2. The van der Waals surface area contributed by atoms with E-state index in [4.69, 9.17) is 9.47 Å². The van der Waals surface area contributed by atoms with Gasteiger partial charge < -0.3 is 30.3 Å². The molecule has 2 heterocycles. The van der Waals surface area contributed by atoms with Gasteiger partial charge in [0.1, 0.15) is 17.4 Å². The quantitative estimate of drug-likeness (QED) is 0.409. The maximum atomic E-state index is 13.7. The molecule has 0 aromatic heterocycles. The van der Waals surface area contributed by atoms with Crippen LogP contribution in [0.15, 0.2) is 54.6 Å². The van der Waals surface area contributed by atoms with Crippen LogP contribution >= 0.6 is 0 Å². The number of rotatable bonds is 12. The lowest BCUT2D eigenvalue weighted by molar-refractivity contribution is -0.176. The Morgan fingerprint density at radius 1 is 1.11 bits per heavy atom. The minimum absolute atomic E-state index is 0.0635. The van der Waals surface area contributed by atoms with Gasteiger partial charge in [-0.1, -0.05) is 42.5 Å². The van der Waals surface area contributed by atoms with Crippen molar-refractivity contribution in [3.8, 4) is 5.75 Å². The molecular weight excluding hydrogens is 468 g/mol. The summed E-state index contributed by atoms with van der Waals surface area (Å²) in [6, 6.07) is 17.5. The van der Waals surface area contributed by atoms with Crippen molar-refractivity contribution in [3.63, 3.8) is 0 Å².